The molecule has 1 aliphatic heterocycles. The van der Waals surface area contributed by atoms with E-state index in [1.165, 1.54) is 12.8 Å². The molecule has 0 aromatic carbocycles. The van der Waals surface area contributed by atoms with Crippen molar-refractivity contribution in [1.29, 1.82) is 0 Å². The van der Waals surface area contributed by atoms with Crippen LogP contribution in [0.1, 0.15) is 19.8 Å². The van der Waals surface area contributed by atoms with Gasteiger partial charge in [0.1, 0.15) is 0 Å². The van der Waals surface area contributed by atoms with E-state index in [4.69, 9.17) is 9.47 Å². The first kappa shape index (κ1) is 13.9. The molecule has 1 rings (SSSR count). The molecular weight excluding hydrogens is 204 g/mol. The lowest BCUT2D eigenvalue weighted by Crippen LogP contribution is -2.40. The number of unbranched alkanes of at least 4 members (excludes halogenated alkanes) is 1. The highest BCUT2D eigenvalue weighted by atomic mass is 16.5. The average molecular weight is 230 g/mol. The fraction of sp³-hybridized carbons (Fsp3) is 1.00. The van der Waals surface area contributed by atoms with Crippen LogP contribution in [0.3, 0.4) is 0 Å². The van der Waals surface area contributed by atoms with Gasteiger partial charge in [-0.25, -0.2) is 0 Å². The van der Waals surface area contributed by atoms with Crippen LogP contribution in [0, 0.1) is 0 Å². The molecule has 0 atom stereocenters. The zero-order chi connectivity index (χ0) is 11.5. The zero-order valence-corrected chi connectivity index (χ0v) is 10.5. The lowest BCUT2D eigenvalue weighted by molar-refractivity contribution is 0.0381. The van der Waals surface area contributed by atoms with Gasteiger partial charge < -0.3 is 14.8 Å². The van der Waals surface area contributed by atoms with Crippen molar-refractivity contribution in [2.24, 2.45) is 0 Å². The van der Waals surface area contributed by atoms with E-state index in [1.54, 1.807) is 0 Å². The van der Waals surface area contributed by atoms with Crippen molar-refractivity contribution >= 4 is 0 Å². The molecule has 0 unspecified atom stereocenters. The number of ether oxygens (including phenoxy) is 2. The third-order valence-corrected chi connectivity index (χ3v) is 2.77. The Kier molecular flexibility index (Phi) is 8.71. The predicted molar refractivity (Wildman–Crippen MR) is 65.9 cm³/mol. The van der Waals surface area contributed by atoms with Gasteiger partial charge in [0.15, 0.2) is 0 Å². The van der Waals surface area contributed by atoms with Crippen LogP contribution in [0.5, 0.6) is 0 Å². The normalized spacial score (nSPS) is 17.8. The molecule has 4 heteroatoms. The topological polar surface area (TPSA) is 33.7 Å². The van der Waals surface area contributed by atoms with Gasteiger partial charge in [0, 0.05) is 39.3 Å². The van der Waals surface area contributed by atoms with Crippen molar-refractivity contribution in [2.45, 2.75) is 19.8 Å². The highest BCUT2D eigenvalue weighted by molar-refractivity contribution is 4.62. The van der Waals surface area contributed by atoms with Crippen LogP contribution in [0.2, 0.25) is 0 Å². The Bertz CT molecular complexity index is 150. The summed E-state index contributed by atoms with van der Waals surface area (Å²) >= 11 is 0. The standard InChI is InChI=1S/C12H26N2O2/c1-2-3-9-15-10-5-13-4-6-14-7-11-16-12-8-14/h13H,2-12H2,1H3. The molecule has 0 amide bonds. The molecule has 96 valence electrons. The van der Waals surface area contributed by atoms with Crippen LogP contribution < -0.4 is 5.32 Å². The summed E-state index contributed by atoms with van der Waals surface area (Å²) in [7, 11) is 0. The maximum Gasteiger partial charge on any atom is 0.0594 e. The molecule has 0 aromatic heterocycles. The maximum atomic E-state index is 5.47. The Morgan fingerprint density at radius 1 is 1.19 bits per heavy atom. The third kappa shape index (κ3) is 7.17. The van der Waals surface area contributed by atoms with E-state index in [0.717, 1.165) is 59.2 Å². The van der Waals surface area contributed by atoms with Gasteiger partial charge >= 0.3 is 0 Å². The summed E-state index contributed by atoms with van der Waals surface area (Å²) in [6, 6.07) is 0. The number of hydrogen-bond acceptors (Lipinski definition) is 4. The molecule has 0 saturated carbocycles. The second-order valence-electron chi connectivity index (χ2n) is 4.17. The van der Waals surface area contributed by atoms with Crippen molar-refractivity contribution in [3.05, 3.63) is 0 Å². The summed E-state index contributed by atoms with van der Waals surface area (Å²) in [5.74, 6) is 0. The molecule has 0 spiro atoms. The summed E-state index contributed by atoms with van der Waals surface area (Å²) in [5, 5.41) is 3.40. The molecule has 16 heavy (non-hydrogen) atoms. The van der Waals surface area contributed by atoms with Crippen LogP contribution in [0.15, 0.2) is 0 Å². The highest BCUT2D eigenvalue weighted by Gasteiger charge is 2.08. The van der Waals surface area contributed by atoms with E-state index in [1.807, 2.05) is 0 Å². The van der Waals surface area contributed by atoms with Gasteiger partial charge in [0.25, 0.3) is 0 Å². The summed E-state index contributed by atoms with van der Waals surface area (Å²) in [6.45, 7) is 11.0. The van der Waals surface area contributed by atoms with Crippen LogP contribution >= 0.6 is 0 Å². The largest absolute Gasteiger partial charge is 0.380 e. The number of rotatable bonds is 9. The number of nitrogens with one attached hydrogen (secondary N) is 1. The van der Waals surface area contributed by atoms with Crippen LogP contribution in [-0.4, -0.2) is 64.1 Å². The third-order valence-electron chi connectivity index (χ3n) is 2.77. The molecule has 4 nitrogen and oxygen atoms in total. The van der Waals surface area contributed by atoms with Crippen LogP contribution in [0.25, 0.3) is 0 Å². The minimum atomic E-state index is 0.836. The predicted octanol–water partition coefficient (Wildman–Crippen LogP) is 0.725. The molecule has 0 aliphatic carbocycles. The van der Waals surface area contributed by atoms with E-state index in [2.05, 4.69) is 17.1 Å². The van der Waals surface area contributed by atoms with Gasteiger partial charge in [-0.3, -0.25) is 4.90 Å². The Morgan fingerprint density at radius 2 is 2.00 bits per heavy atom. The average Bonchev–Trinajstić information content (AvgIpc) is 2.34. The molecule has 1 fully saturated rings. The van der Waals surface area contributed by atoms with Crippen molar-refractivity contribution < 1.29 is 9.47 Å². The molecule has 1 N–H and O–H groups in total. The van der Waals surface area contributed by atoms with Crippen LogP contribution in [0.4, 0.5) is 0 Å². The second kappa shape index (κ2) is 10.0. The molecule has 1 saturated heterocycles. The lowest BCUT2D eigenvalue weighted by Gasteiger charge is -2.26. The first-order valence-electron chi connectivity index (χ1n) is 6.52. The first-order chi connectivity index (χ1) is 7.93. The lowest BCUT2D eigenvalue weighted by atomic mass is 10.4. The summed E-state index contributed by atoms with van der Waals surface area (Å²) in [6.07, 6.45) is 2.39. The fourth-order valence-electron chi connectivity index (χ4n) is 1.68. The van der Waals surface area contributed by atoms with Crippen LogP contribution in [-0.2, 0) is 9.47 Å². The Morgan fingerprint density at radius 3 is 2.75 bits per heavy atom. The smallest absolute Gasteiger partial charge is 0.0594 e. The molecule has 0 radical (unpaired) electrons. The van der Waals surface area contributed by atoms with E-state index >= 15 is 0 Å². The highest BCUT2D eigenvalue weighted by Crippen LogP contribution is 1.94. The Balaban J connectivity index is 1.77. The minimum Gasteiger partial charge on any atom is -0.380 e. The first-order valence-corrected chi connectivity index (χ1v) is 6.52. The maximum absolute atomic E-state index is 5.47. The molecule has 0 bridgehead atoms. The second-order valence-corrected chi connectivity index (χ2v) is 4.17. The van der Waals surface area contributed by atoms with E-state index in [-0.39, 0.29) is 0 Å². The van der Waals surface area contributed by atoms with Crippen molar-refractivity contribution in [1.82, 2.24) is 10.2 Å². The molecule has 0 aromatic rings. The monoisotopic (exact) mass is 230 g/mol. The van der Waals surface area contributed by atoms with Gasteiger partial charge in [0.2, 0.25) is 0 Å². The minimum absolute atomic E-state index is 0.836. The van der Waals surface area contributed by atoms with Gasteiger partial charge in [-0.2, -0.15) is 0 Å². The quantitative estimate of drug-likeness (QED) is 0.592. The SMILES string of the molecule is CCCCOCCNCCN1CCOCC1. The van der Waals surface area contributed by atoms with E-state index in [9.17, 15) is 0 Å². The van der Waals surface area contributed by atoms with Crippen molar-refractivity contribution in [2.75, 3.05) is 59.2 Å². The molecular formula is C12H26N2O2. The molecule has 1 aliphatic rings. The Hall–Kier alpha value is -0.160. The zero-order valence-electron chi connectivity index (χ0n) is 10.5. The van der Waals surface area contributed by atoms with E-state index < -0.39 is 0 Å². The fourth-order valence-corrected chi connectivity index (χ4v) is 1.68. The van der Waals surface area contributed by atoms with Crippen molar-refractivity contribution in [3.63, 3.8) is 0 Å². The number of nitrogens with zero attached hydrogens (tertiary/aromatic N) is 1. The number of morpholine rings is 1. The number of hydrogen-bond donors (Lipinski definition) is 1. The Labute approximate surface area is 99.3 Å². The summed E-state index contributed by atoms with van der Waals surface area (Å²) in [4.78, 5) is 2.44. The van der Waals surface area contributed by atoms with Gasteiger partial charge in [-0.1, -0.05) is 13.3 Å². The summed E-state index contributed by atoms with van der Waals surface area (Å²) < 4.78 is 10.8. The van der Waals surface area contributed by atoms with Gasteiger partial charge in [-0.05, 0) is 6.42 Å². The molecule has 1 heterocycles. The van der Waals surface area contributed by atoms with Gasteiger partial charge in [0.05, 0.1) is 19.8 Å². The van der Waals surface area contributed by atoms with E-state index in [0.29, 0.717) is 0 Å². The summed E-state index contributed by atoms with van der Waals surface area (Å²) in [5.41, 5.74) is 0. The van der Waals surface area contributed by atoms with Crippen molar-refractivity contribution in [3.8, 4) is 0 Å². The van der Waals surface area contributed by atoms with Gasteiger partial charge in [-0.15, -0.1) is 0 Å².